The van der Waals surface area contributed by atoms with Crippen LogP contribution in [0.5, 0.6) is 11.5 Å². The lowest BCUT2D eigenvalue weighted by Gasteiger charge is -2.38. The number of ether oxygens (including phenoxy) is 3. The monoisotopic (exact) mass is 526 g/mol. The normalized spacial score (nSPS) is 14.3. The first kappa shape index (κ1) is 25.8. The number of fused-ring (bicyclic) bond motifs is 1. The fourth-order valence-corrected chi connectivity index (χ4v) is 4.56. The second-order valence-electron chi connectivity index (χ2n) is 8.82. The van der Waals surface area contributed by atoms with Crippen molar-refractivity contribution in [3.8, 4) is 11.5 Å². The number of esters is 1. The second kappa shape index (κ2) is 11.3. The molecule has 0 saturated heterocycles. The van der Waals surface area contributed by atoms with Gasteiger partial charge in [-0.3, -0.25) is 9.69 Å². The lowest BCUT2D eigenvalue weighted by Crippen LogP contribution is -2.43. The zero-order valence-corrected chi connectivity index (χ0v) is 21.5. The van der Waals surface area contributed by atoms with Crippen molar-refractivity contribution in [1.29, 1.82) is 0 Å². The first-order valence-corrected chi connectivity index (χ1v) is 12.5. The van der Waals surface area contributed by atoms with Crippen molar-refractivity contribution in [2.75, 3.05) is 23.9 Å². The van der Waals surface area contributed by atoms with E-state index in [4.69, 9.17) is 14.2 Å². The molecule has 1 amide bonds. The number of nitrogens with one attached hydrogen (secondary N) is 1. The summed E-state index contributed by atoms with van der Waals surface area (Å²) in [6.07, 6.45) is -0.589. The summed E-state index contributed by atoms with van der Waals surface area (Å²) in [6.45, 7) is 2.10. The third kappa shape index (κ3) is 5.27. The molecule has 198 valence electrons. The van der Waals surface area contributed by atoms with Crippen molar-refractivity contribution in [2.45, 2.75) is 19.7 Å². The Morgan fingerprint density at radius 1 is 0.949 bits per heavy atom. The fourth-order valence-electron chi connectivity index (χ4n) is 4.56. The summed E-state index contributed by atoms with van der Waals surface area (Å²) in [7, 11) is 1.56. The van der Waals surface area contributed by atoms with Crippen molar-refractivity contribution in [1.82, 2.24) is 0 Å². The number of nitrogens with zero attached hydrogens (tertiary/aromatic N) is 1. The molecule has 0 spiro atoms. The predicted octanol–water partition coefficient (Wildman–Crippen LogP) is 6.36. The maximum atomic E-state index is 13.7. The molecule has 0 radical (unpaired) electrons. The van der Waals surface area contributed by atoms with Gasteiger partial charge in [-0.15, -0.1) is 0 Å². The number of para-hydroxylation sites is 2. The highest BCUT2D eigenvalue weighted by Gasteiger charge is 2.34. The summed E-state index contributed by atoms with van der Waals surface area (Å²) in [4.78, 5) is 27.6. The van der Waals surface area contributed by atoms with Gasteiger partial charge in [-0.1, -0.05) is 30.3 Å². The first-order valence-electron chi connectivity index (χ1n) is 12.5. The van der Waals surface area contributed by atoms with E-state index in [0.29, 0.717) is 39.6 Å². The molecule has 0 aliphatic carbocycles. The Labute approximate surface area is 225 Å². The van der Waals surface area contributed by atoms with E-state index in [2.05, 4.69) is 5.32 Å². The Hall–Kier alpha value is -4.85. The minimum absolute atomic E-state index is 0.0984. The number of methoxy groups -OCH3 is 1. The van der Waals surface area contributed by atoms with E-state index in [9.17, 15) is 14.0 Å². The number of halogens is 1. The Morgan fingerprint density at radius 2 is 1.69 bits per heavy atom. The van der Waals surface area contributed by atoms with Crippen LogP contribution in [0.2, 0.25) is 0 Å². The predicted molar refractivity (Wildman–Crippen MR) is 146 cm³/mol. The van der Waals surface area contributed by atoms with Gasteiger partial charge in [0.05, 0.1) is 19.3 Å². The van der Waals surface area contributed by atoms with Crippen molar-refractivity contribution in [3.05, 3.63) is 119 Å². The lowest BCUT2D eigenvalue weighted by atomic mass is 10.0. The molecular weight excluding hydrogens is 499 g/mol. The summed E-state index contributed by atoms with van der Waals surface area (Å²) in [6, 6.07) is 25.5. The summed E-state index contributed by atoms with van der Waals surface area (Å²) >= 11 is 0. The molecule has 1 aliphatic heterocycles. The molecule has 4 aromatic rings. The Morgan fingerprint density at radius 3 is 2.46 bits per heavy atom. The Balaban J connectivity index is 1.50. The van der Waals surface area contributed by atoms with Gasteiger partial charge >= 0.3 is 5.97 Å². The van der Waals surface area contributed by atoms with E-state index in [1.165, 1.54) is 12.1 Å². The first-order chi connectivity index (χ1) is 19.0. The van der Waals surface area contributed by atoms with Crippen LogP contribution in [-0.2, 0) is 11.3 Å². The molecule has 39 heavy (non-hydrogen) atoms. The largest absolute Gasteiger partial charge is 0.496 e. The van der Waals surface area contributed by atoms with Crippen LogP contribution in [0.4, 0.5) is 15.8 Å². The molecule has 0 saturated carbocycles. The summed E-state index contributed by atoms with van der Waals surface area (Å²) < 4.78 is 30.5. The van der Waals surface area contributed by atoms with Gasteiger partial charge in [0.15, 0.2) is 0 Å². The molecule has 0 aromatic heterocycles. The average molecular weight is 527 g/mol. The minimum Gasteiger partial charge on any atom is -0.496 e. The number of anilines is 2. The van der Waals surface area contributed by atoms with E-state index >= 15 is 0 Å². The summed E-state index contributed by atoms with van der Waals surface area (Å²) in [5.41, 5.74) is 3.56. The minimum atomic E-state index is -0.589. The number of amides is 1. The molecule has 8 heteroatoms. The number of hydrogen-bond acceptors (Lipinski definition) is 6. The van der Waals surface area contributed by atoms with Crippen LogP contribution in [0, 0.1) is 5.82 Å². The van der Waals surface area contributed by atoms with Crippen molar-refractivity contribution in [3.63, 3.8) is 0 Å². The average Bonchev–Trinajstić information content (AvgIpc) is 2.97. The van der Waals surface area contributed by atoms with Gasteiger partial charge in [-0.25, -0.2) is 9.18 Å². The Bertz CT molecular complexity index is 1510. The molecule has 1 aliphatic rings. The molecule has 0 bridgehead atoms. The van der Waals surface area contributed by atoms with Crippen molar-refractivity contribution in [2.24, 2.45) is 0 Å². The SMILES string of the molecule is CCOC(=O)c1ccccc1OCc1cc([C@@H]2Nc3ccccc3C(=O)N2c2ccc(F)cc2)ccc1OC. The van der Waals surface area contributed by atoms with Crippen molar-refractivity contribution < 1.29 is 28.2 Å². The molecule has 0 fully saturated rings. The molecular formula is C31H27FN2O5. The number of benzene rings is 4. The van der Waals surface area contributed by atoms with Gasteiger partial charge < -0.3 is 19.5 Å². The quantitative estimate of drug-likeness (QED) is 0.269. The molecule has 5 rings (SSSR count). The van der Waals surface area contributed by atoms with E-state index in [0.717, 1.165) is 5.56 Å². The van der Waals surface area contributed by atoms with E-state index < -0.39 is 12.1 Å². The van der Waals surface area contributed by atoms with Crippen LogP contribution < -0.4 is 19.7 Å². The number of carbonyl (C=O) groups excluding carboxylic acids is 2. The van der Waals surface area contributed by atoms with Crippen LogP contribution in [0.1, 0.15) is 44.9 Å². The molecule has 0 unspecified atom stereocenters. The summed E-state index contributed by atoms with van der Waals surface area (Å²) in [5.74, 6) is -0.0927. The lowest BCUT2D eigenvalue weighted by molar-refractivity contribution is 0.0521. The van der Waals surface area contributed by atoms with Gasteiger partial charge in [0.1, 0.15) is 35.7 Å². The summed E-state index contributed by atoms with van der Waals surface area (Å²) in [5, 5.41) is 3.45. The van der Waals surface area contributed by atoms with Gasteiger partial charge in [0.25, 0.3) is 5.91 Å². The smallest absolute Gasteiger partial charge is 0.341 e. The molecule has 7 nitrogen and oxygen atoms in total. The highest BCUT2D eigenvalue weighted by molar-refractivity contribution is 6.12. The maximum absolute atomic E-state index is 13.7. The van der Waals surface area contributed by atoms with Crippen LogP contribution in [0.25, 0.3) is 0 Å². The molecule has 1 N–H and O–H groups in total. The van der Waals surface area contributed by atoms with Crippen molar-refractivity contribution >= 4 is 23.3 Å². The number of rotatable bonds is 8. The standard InChI is InChI=1S/C31H27FN2O5/c1-3-38-31(36)25-9-5-7-11-28(25)39-19-21-18-20(12-17-27(21)37-2)29-33-26-10-6-4-8-24(26)30(35)34(29)23-15-13-22(32)14-16-23/h4-18,29,33H,3,19H2,1-2H3/t29-/m1/s1. The van der Waals surface area contributed by atoms with Gasteiger partial charge in [0.2, 0.25) is 0 Å². The molecule has 1 atom stereocenters. The zero-order valence-electron chi connectivity index (χ0n) is 21.5. The van der Waals surface area contributed by atoms with E-state index in [1.807, 2.05) is 24.3 Å². The highest BCUT2D eigenvalue weighted by Crippen LogP contribution is 2.38. The second-order valence-corrected chi connectivity index (χ2v) is 8.82. The fraction of sp³-hybridized carbons (Fsp3) is 0.161. The highest BCUT2D eigenvalue weighted by atomic mass is 19.1. The van der Waals surface area contributed by atoms with Crippen LogP contribution in [0.15, 0.2) is 91.0 Å². The molecule has 1 heterocycles. The van der Waals surface area contributed by atoms with Gasteiger partial charge in [-0.05, 0) is 73.2 Å². The third-order valence-corrected chi connectivity index (χ3v) is 6.42. The Kier molecular flexibility index (Phi) is 7.45. The molecule has 4 aromatic carbocycles. The maximum Gasteiger partial charge on any atom is 0.341 e. The van der Waals surface area contributed by atoms with E-state index in [1.54, 1.807) is 73.5 Å². The number of hydrogen-bond donors (Lipinski definition) is 1. The van der Waals surface area contributed by atoms with Gasteiger partial charge in [-0.2, -0.15) is 0 Å². The number of carbonyl (C=O) groups is 2. The third-order valence-electron chi connectivity index (χ3n) is 6.42. The topological polar surface area (TPSA) is 77.1 Å². The van der Waals surface area contributed by atoms with E-state index in [-0.39, 0.29) is 24.9 Å². The van der Waals surface area contributed by atoms with Crippen LogP contribution in [-0.4, -0.2) is 25.6 Å². The van der Waals surface area contributed by atoms with Gasteiger partial charge in [0, 0.05) is 16.9 Å². The van der Waals surface area contributed by atoms with Crippen LogP contribution in [0.3, 0.4) is 0 Å². The van der Waals surface area contributed by atoms with Crippen LogP contribution >= 0.6 is 0 Å². The zero-order chi connectivity index (χ0) is 27.4.